The molecule has 0 N–H and O–H groups in total. The number of aromatic nitrogens is 1. The SMILES string of the molecule is Cc1cnc(-c2ccc(F)cc2)c(C=O)c1. The van der Waals surface area contributed by atoms with Gasteiger partial charge in [-0.25, -0.2) is 4.39 Å². The molecule has 0 amide bonds. The fourth-order valence-electron chi connectivity index (χ4n) is 1.53. The summed E-state index contributed by atoms with van der Waals surface area (Å²) in [5.74, 6) is -0.302. The predicted octanol–water partition coefficient (Wildman–Crippen LogP) is 3.01. The van der Waals surface area contributed by atoms with Gasteiger partial charge in [-0.1, -0.05) is 0 Å². The lowest BCUT2D eigenvalue weighted by atomic mass is 10.1. The minimum Gasteiger partial charge on any atom is -0.298 e. The molecule has 0 saturated carbocycles. The molecule has 2 nitrogen and oxygen atoms in total. The van der Waals surface area contributed by atoms with Gasteiger partial charge in [-0.2, -0.15) is 0 Å². The molecule has 80 valence electrons. The largest absolute Gasteiger partial charge is 0.298 e. The van der Waals surface area contributed by atoms with Crippen LogP contribution in [0, 0.1) is 12.7 Å². The maximum absolute atomic E-state index is 12.8. The van der Waals surface area contributed by atoms with E-state index in [4.69, 9.17) is 0 Å². The summed E-state index contributed by atoms with van der Waals surface area (Å²) in [6, 6.07) is 7.69. The molecule has 0 spiro atoms. The van der Waals surface area contributed by atoms with E-state index in [1.807, 2.05) is 6.92 Å². The van der Waals surface area contributed by atoms with Gasteiger partial charge in [-0.3, -0.25) is 9.78 Å². The fourth-order valence-corrected chi connectivity index (χ4v) is 1.53. The molecule has 2 rings (SSSR count). The Morgan fingerprint density at radius 1 is 1.25 bits per heavy atom. The zero-order chi connectivity index (χ0) is 11.5. The molecule has 0 unspecified atom stereocenters. The average molecular weight is 215 g/mol. The summed E-state index contributed by atoms with van der Waals surface area (Å²) >= 11 is 0. The van der Waals surface area contributed by atoms with Crippen molar-refractivity contribution in [2.45, 2.75) is 6.92 Å². The van der Waals surface area contributed by atoms with Crippen molar-refractivity contribution in [3.8, 4) is 11.3 Å². The maximum Gasteiger partial charge on any atom is 0.152 e. The first-order valence-corrected chi connectivity index (χ1v) is 4.88. The van der Waals surface area contributed by atoms with Gasteiger partial charge >= 0.3 is 0 Å². The van der Waals surface area contributed by atoms with Gasteiger partial charge in [0.05, 0.1) is 5.69 Å². The van der Waals surface area contributed by atoms with Crippen LogP contribution in [0.2, 0.25) is 0 Å². The third-order valence-corrected chi connectivity index (χ3v) is 2.30. The van der Waals surface area contributed by atoms with Crippen LogP contribution in [-0.2, 0) is 0 Å². The summed E-state index contributed by atoms with van der Waals surface area (Å²) < 4.78 is 12.8. The van der Waals surface area contributed by atoms with Crippen LogP contribution in [0.25, 0.3) is 11.3 Å². The highest BCUT2D eigenvalue weighted by Crippen LogP contribution is 2.21. The van der Waals surface area contributed by atoms with Crippen molar-refractivity contribution in [2.75, 3.05) is 0 Å². The van der Waals surface area contributed by atoms with Crippen molar-refractivity contribution >= 4 is 6.29 Å². The van der Waals surface area contributed by atoms with Crippen LogP contribution in [0.1, 0.15) is 15.9 Å². The smallest absolute Gasteiger partial charge is 0.152 e. The number of halogens is 1. The van der Waals surface area contributed by atoms with Crippen LogP contribution >= 0.6 is 0 Å². The molecule has 0 radical (unpaired) electrons. The Balaban J connectivity index is 2.55. The molecule has 0 atom stereocenters. The normalized spacial score (nSPS) is 10.1. The van der Waals surface area contributed by atoms with Crippen molar-refractivity contribution < 1.29 is 9.18 Å². The van der Waals surface area contributed by atoms with Gasteiger partial charge in [0, 0.05) is 17.3 Å². The Bertz CT molecular complexity index is 520. The van der Waals surface area contributed by atoms with Crippen molar-refractivity contribution in [1.29, 1.82) is 0 Å². The first kappa shape index (κ1) is 10.5. The molecular weight excluding hydrogens is 205 g/mol. The van der Waals surface area contributed by atoms with E-state index in [1.165, 1.54) is 12.1 Å². The number of carbonyl (C=O) groups is 1. The summed E-state index contributed by atoms with van der Waals surface area (Å²) in [7, 11) is 0. The van der Waals surface area contributed by atoms with E-state index in [0.29, 0.717) is 11.3 Å². The number of aryl methyl sites for hydroxylation is 1. The third-order valence-electron chi connectivity index (χ3n) is 2.30. The first-order chi connectivity index (χ1) is 7.70. The van der Waals surface area contributed by atoms with Gasteiger partial charge in [-0.15, -0.1) is 0 Å². The van der Waals surface area contributed by atoms with E-state index in [2.05, 4.69) is 4.98 Å². The highest BCUT2D eigenvalue weighted by Gasteiger charge is 2.06. The second kappa shape index (κ2) is 4.23. The Hall–Kier alpha value is -2.03. The van der Waals surface area contributed by atoms with Gasteiger partial charge < -0.3 is 0 Å². The number of hydrogen-bond acceptors (Lipinski definition) is 2. The number of hydrogen-bond donors (Lipinski definition) is 0. The van der Waals surface area contributed by atoms with Gasteiger partial charge in [-0.05, 0) is 42.8 Å². The minimum absolute atomic E-state index is 0.302. The molecule has 0 saturated heterocycles. The van der Waals surface area contributed by atoms with E-state index in [9.17, 15) is 9.18 Å². The monoisotopic (exact) mass is 215 g/mol. The second-order valence-corrected chi connectivity index (χ2v) is 3.58. The Morgan fingerprint density at radius 2 is 1.94 bits per heavy atom. The number of pyridine rings is 1. The molecule has 0 aliphatic rings. The quantitative estimate of drug-likeness (QED) is 0.721. The van der Waals surface area contributed by atoms with Crippen LogP contribution < -0.4 is 0 Å². The van der Waals surface area contributed by atoms with Crippen LogP contribution in [0.4, 0.5) is 4.39 Å². The average Bonchev–Trinajstić information content (AvgIpc) is 2.30. The molecule has 3 heteroatoms. The van der Waals surface area contributed by atoms with Gasteiger partial charge in [0.15, 0.2) is 6.29 Å². The Kier molecular flexibility index (Phi) is 2.77. The number of benzene rings is 1. The van der Waals surface area contributed by atoms with Crippen LogP contribution in [0.5, 0.6) is 0 Å². The van der Waals surface area contributed by atoms with Gasteiger partial charge in [0.2, 0.25) is 0 Å². The molecular formula is C13H10FNO. The Labute approximate surface area is 92.8 Å². The van der Waals surface area contributed by atoms with Crippen molar-refractivity contribution in [2.24, 2.45) is 0 Å². The zero-order valence-electron chi connectivity index (χ0n) is 8.77. The van der Waals surface area contributed by atoms with Crippen molar-refractivity contribution in [3.05, 3.63) is 53.5 Å². The predicted molar refractivity (Wildman–Crippen MR) is 59.8 cm³/mol. The minimum atomic E-state index is -0.302. The summed E-state index contributed by atoms with van der Waals surface area (Å²) in [5, 5.41) is 0. The van der Waals surface area contributed by atoms with Crippen molar-refractivity contribution in [1.82, 2.24) is 4.98 Å². The summed E-state index contributed by atoms with van der Waals surface area (Å²) in [5.41, 5.74) is 2.77. The van der Waals surface area contributed by atoms with E-state index < -0.39 is 0 Å². The lowest BCUT2D eigenvalue weighted by molar-refractivity contribution is 0.112. The standard InChI is InChI=1S/C13H10FNO/c1-9-6-11(8-16)13(15-7-9)10-2-4-12(14)5-3-10/h2-8H,1H3. The lowest BCUT2D eigenvalue weighted by Crippen LogP contribution is -1.93. The first-order valence-electron chi connectivity index (χ1n) is 4.88. The molecule has 0 bridgehead atoms. The highest BCUT2D eigenvalue weighted by molar-refractivity contribution is 5.85. The number of nitrogens with zero attached hydrogens (tertiary/aromatic N) is 1. The van der Waals surface area contributed by atoms with Crippen LogP contribution in [0.3, 0.4) is 0 Å². The molecule has 0 fully saturated rings. The highest BCUT2D eigenvalue weighted by atomic mass is 19.1. The van der Waals surface area contributed by atoms with Crippen molar-refractivity contribution in [3.63, 3.8) is 0 Å². The molecule has 16 heavy (non-hydrogen) atoms. The van der Waals surface area contributed by atoms with E-state index >= 15 is 0 Å². The molecule has 2 aromatic rings. The molecule has 1 aromatic heterocycles. The molecule has 1 heterocycles. The maximum atomic E-state index is 12.8. The number of carbonyl (C=O) groups excluding carboxylic acids is 1. The van der Waals surface area contributed by atoms with Gasteiger partial charge in [0.1, 0.15) is 5.82 Å². The summed E-state index contributed by atoms with van der Waals surface area (Å²) in [6.07, 6.45) is 2.45. The van der Waals surface area contributed by atoms with E-state index in [-0.39, 0.29) is 5.82 Å². The topological polar surface area (TPSA) is 30.0 Å². The number of aldehydes is 1. The zero-order valence-corrected chi connectivity index (χ0v) is 8.77. The fraction of sp³-hybridized carbons (Fsp3) is 0.0769. The third kappa shape index (κ3) is 1.98. The van der Waals surface area contributed by atoms with Gasteiger partial charge in [0.25, 0.3) is 0 Å². The lowest BCUT2D eigenvalue weighted by Gasteiger charge is -2.04. The summed E-state index contributed by atoms with van der Waals surface area (Å²) in [6.45, 7) is 1.87. The van der Waals surface area contributed by atoms with Crippen LogP contribution in [0.15, 0.2) is 36.5 Å². The molecule has 1 aromatic carbocycles. The van der Waals surface area contributed by atoms with E-state index in [0.717, 1.165) is 17.4 Å². The second-order valence-electron chi connectivity index (χ2n) is 3.58. The van der Waals surface area contributed by atoms with E-state index in [1.54, 1.807) is 24.4 Å². The summed E-state index contributed by atoms with van der Waals surface area (Å²) in [4.78, 5) is 15.1. The molecule has 0 aliphatic heterocycles. The number of rotatable bonds is 2. The molecule has 0 aliphatic carbocycles. The van der Waals surface area contributed by atoms with Crippen LogP contribution in [-0.4, -0.2) is 11.3 Å². The Morgan fingerprint density at radius 3 is 2.56 bits per heavy atom.